The van der Waals surface area contributed by atoms with Crippen LogP contribution in [0, 0.1) is 0 Å². The number of nitrogens with zero attached hydrogens (tertiary/aromatic N) is 2. The van der Waals surface area contributed by atoms with Crippen LogP contribution >= 0.6 is 24.0 Å². The molecule has 1 aromatic carbocycles. The van der Waals surface area contributed by atoms with Crippen LogP contribution < -0.4 is 0 Å². The topological polar surface area (TPSA) is 23.6 Å². The molecule has 3 nitrogen and oxygen atoms in total. The van der Waals surface area contributed by atoms with Crippen molar-refractivity contribution in [3.8, 4) is 0 Å². The highest BCUT2D eigenvalue weighted by molar-refractivity contribution is 8.26. The van der Waals surface area contributed by atoms with Gasteiger partial charge in [0, 0.05) is 0 Å². The minimum Gasteiger partial charge on any atom is -0.286 e. The van der Waals surface area contributed by atoms with Crippen molar-refractivity contribution >= 4 is 40.3 Å². The van der Waals surface area contributed by atoms with E-state index in [1.807, 2.05) is 6.08 Å². The number of carbonyl (C=O) groups excluding carboxylic acids is 1. The van der Waals surface area contributed by atoms with Crippen molar-refractivity contribution in [3.63, 3.8) is 0 Å². The number of carbonyl (C=O) groups is 1. The largest absolute Gasteiger partial charge is 0.286 e. The number of rotatable bonds is 4. The Morgan fingerprint density at radius 1 is 1.22 bits per heavy atom. The molecule has 0 unspecified atom stereocenters. The molecule has 0 aromatic heterocycles. The summed E-state index contributed by atoms with van der Waals surface area (Å²) in [5.41, 5.74) is 2.36. The fourth-order valence-electron chi connectivity index (χ4n) is 2.87. The Balaban J connectivity index is 1.72. The van der Waals surface area contributed by atoms with Gasteiger partial charge in [0.2, 0.25) is 0 Å². The normalized spacial score (nSPS) is 21.2. The Hall–Kier alpha value is -1.17. The van der Waals surface area contributed by atoms with Gasteiger partial charge in [-0.15, -0.1) is 0 Å². The molecule has 2 heterocycles. The maximum atomic E-state index is 12.6. The minimum atomic E-state index is 0.0415. The molecule has 0 saturated carbocycles. The molecule has 0 bridgehead atoms. The van der Waals surface area contributed by atoms with Crippen LogP contribution in [0.25, 0.3) is 6.08 Å². The number of thioether (sulfide) groups is 1. The number of amides is 1. The molecule has 1 aromatic rings. The summed E-state index contributed by atoms with van der Waals surface area (Å²) in [6.45, 7) is 7.12. The summed E-state index contributed by atoms with van der Waals surface area (Å²) in [5, 5.41) is 0. The molecular formula is C18H22N2OS2. The van der Waals surface area contributed by atoms with Crippen LogP contribution in [0.3, 0.4) is 0 Å². The predicted octanol–water partition coefficient (Wildman–Crippen LogP) is 4.06. The Morgan fingerprint density at radius 3 is 2.48 bits per heavy atom. The molecule has 1 amide bonds. The number of hydrogen-bond donors (Lipinski definition) is 0. The molecule has 3 rings (SSSR count). The second-order valence-electron chi connectivity index (χ2n) is 6.40. The van der Waals surface area contributed by atoms with Gasteiger partial charge >= 0.3 is 0 Å². The molecule has 0 N–H and O–H groups in total. The number of hydrogen-bond acceptors (Lipinski definition) is 4. The van der Waals surface area contributed by atoms with Crippen LogP contribution in [-0.4, -0.2) is 39.8 Å². The van der Waals surface area contributed by atoms with Crippen molar-refractivity contribution < 1.29 is 4.79 Å². The van der Waals surface area contributed by atoms with Crippen LogP contribution in [0.1, 0.15) is 43.7 Å². The van der Waals surface area contributed by atoms with Gasteiger partial charge in [0.1, 0.15) is 4.32 Å². The van der Waals surface area contributed by atoms with E-state index in [0.717, 1.165) is 23.6 Å². The molecule has 2 saturated heterocycles. The van der Waals surface area contributed by atoms with Crippen molar-refractivity contribution in [2.75, 3.05) is 19.8 Å². The lowest BCUT2D eigenvalue weighted by molar-refractivity contribution is -0.123. The third kappa shape index (κ3) is 3.84. The smallest absolute Gasteiger partial charge is 0.267 e. The van der Waals surface area contributed by atoms with Crippen molar-refractivity contribution in [3.05, 3.63) is 40.3 Å². The van der Waals surface area contributed by atoms with Crippen LogP contribution in [0.5, 0.6) is 0 Å². The monoisotopic (exact) mass is 346 g/mol. The fraction of sp³-hybridized carbons (Fsp3) is 0.444. The van der Waals surface area contributed by atoms with Crippen molar-refractivity contribution in [2.45, 2.75) is 32.6 Å². The van der Waals surface area contributed by atoms with Gasteiger partial charge in [0.25, 0.3) is 5.91 Å². The van der Waals surface area contributed by atoms with Gasteiger partial charge in [-0.3, -0.25) is 14.6 Å². The van der Waals surface area contributed by atoms with Gasteiger partial charge in [-0.05, 0) is 49.1 Å². The quantitative estimate of drug-likeness (QED) is 0.606. The third-order valence-corrected chi connectivity index (χ3v) is 5.69. The summed E-state index contributed by atoms with van der Waals surface area (Å²) in [7, 11) is 0. The summed E-state index contributed by atoms with van der Waals surface area (Å²) in [4.78, 5) is 17.4. The summed E-state index contributed by atoms with van der Waals surface area (Å²) in [5.74, 6) is 0.558. The van der Waals surface area contributed by atoms with Crippen LogP contribution in [0.15, 0.2) is 29.2 Å². The second kappa shape index (κ2) is 7.16. The highest BCUT2D eigenvalue weighted by atomic mass is 32.2. The molecule has 23 heavy (non-hydrogen) atoms. The van der Waals surface area contributed by atoms with Crippen LogP contribution in [0.4, 0.5) is 0 Å². The molecule has 122 valence electrons. The van der Waals surface area contributed by atoms with Crippen molar-refractivity contribution in [1.82, 2.24) is 9.80 Å². The first-order valence-corrected chi connectivity index (χ1v) is 9.35. The maximum absolute atomic E-state index is 12.6. The predicted molar refractivity (Wildman–Crippen MR) is 101 cm³/mol. The second-order valence-corrected chi connectivity index (χ2v) is 8.07. The van der Waals surface area contributed by atoms with Gasteiger partial charge in [-0.1, -0.05) is 62.1 Å². The molecule has 0 atom stereocenters. The average molecular weight is 347 g/mol. The van der Waals surface area contributed by atoms with E-state index in [2.05, 4.69) is 43.0 Å². The van der Waals surface area contributed by atoms with E-state index in [1.54, 1.807) is 4.90 Å². The Morgan fingerprint density at radius 2 is 1.87 bits per heavy atom. The van der Waals surface area contributed by atoms with Crippen LogP contribution in [0.2, 0.25) is 0 Å². The number of thiocarbonyl (C=S) groups is 1. The molecule has 2 aliphatic rings. The zero-order valence-electron chi connectivity index (χ0n) is 13.6. The van der Waals surface area contributed by atoms with Gasteiger partial charge < -0.3 is 0 Å². The van der Waals surface area contributed by atoms with Crippen molar-refractivity contribution in [1.29, 1.82) is 0 Å². The van der Waals surface area contributed by atoms with E-state index in [1.165, 1.54) is 30.2 Å². The lowest BCUT2D eigenvalue weighted by Gasteiger charge is -2.22. The minimum absolute atomic E-state index is 0.0415. The first kappa shape index (κ1) is 16.7. The molecule has 2 aliphatic heterocycles. The molecule has 0 aliphatic carbocycles. The van der Waals surface area contributed by atoms with Crippen molar-refractivity contribution in [2.24, 2.45) is 0 Å². The highest BCUT2D eigenvalue weighted by Crippen LogP contribution is 2.33. The summed E-state index contributed by atoms with van der Waals surface area (Å²) in [6.07, 6.45) is 4.38. The zero-order chi connectivity index (χ0) is 16.4. The number of likely N-dealkylation sites (tertiary alicyclic amines) is 1. The van der Waals surface area contributed by atoms with E-state index in [9.17, 15) is 4.79 Å². The van der Waals surface area contributed by atoms with E-state index >= 15 is 0 Å². The lowest BCUT2D eigenvalue weighted by atomic mass is 10.0. The SMILES string of the molecule is CC(C)c1ccc(/C=C2/SC(=S)N(CN3CCCC3)C2=O)cc1. The van der Waals surface area contributed by atoms with Crippen LogP contribution in [-0.2, 0) is 4.79 Å². The fourth-order valence-corrected chi connectivity index (χ4v) is 4.12. The standard InChI is InChI=1S/C18H22N2OS2/c1-13(2)15-7-5-14(6-8-15)11-16-17(21)20(18(22)23-16)12-19-9-3-4-10-19/h5-8,11,13H,3-4,9-10,12H2,1-2H3/b16-11+. The summed E-state index contributed by atoms with van der Waals surface area (Å²) >= 11 is 6.81. The molecule has 5 heteroatoms. The zero-order valence-corrected chi connectivity index (χ0v) is 15.3. The lowest BCUT2D eigenvalue weighted by Crippen LogP contribution is -2.38. The molecule has 2 fully saturated rings. The molecule has 0 spiro atoms. The third-order valence-electron chi connectivity index (χ3n) is 4.31. The van der Waals surface area contributed by atoms with Gasteiger partial charge in [0.05, 0.1) is 11.6 Å². The Kier molecular flexibility index (Phi) is 5.19. The first-order chi connectivity index (χ1) is 11.0. The highest BCUT2D eigenvalue weighted by Gasteiger charge is 2.33. The average Bonchev–Trinajstić information content (AvgIpc) is 3.12. The Bertz CT molecular complexity index is 631. The van der Waals surface area contributed by atoms with E-state index in [0.29, 0.717) is 16.9 Å². The number of benzene rings is 1. The molecule has 0 radical (unpaired) electrons. The Labute approximate surface area is 147 Å². The van der Waals surface area contributed by atoms with E-state index in [-0.39, 0.29) is 5.91 Å². The van der Waals surface area contributed by atoms with Gasteiger partial charge in [0.15, 0.2) is 0 Å². The first-order valence-electron chi connectivity index (χ1n) is 8.12. The summed E-state index contributed by atoms with van der Waals surface area (Å²) in [6, 6.07) is 8.40. The van der Waals surface area contributed by atoms with Gasteiger partial charge in [-0.25, -0.2) is 0 Å². The summed E-state index contributed by atoms with van der Waals surface area (Å²) < 4.78 is 0.673. The van der Waals surface area contributed by atoms with Gasteiger partial charge in [-0.2, -0.15) is 0 Å². The van der Waals surface area contributed by atoms with E-state index < -0.39 is 0 Å². The maximum Gasteiger partial charge on any atom is 0.267 e. The van der Waals surface area contributed by atoms with E-state index in [4.69, 9.17) is 12.2 Å². The molecular weight excluding hydrogens is 324 g/mol.